The third-order valence-electron chi connectivity index (χ3n) is 4.11. The zero-order chi connectivity index (χ0) is 20.4. The summed E-state index contributed by atoms with van der Waals surface area (Å²) in [5.74, 6) is 1.01. The molecular weight excluding hydrogens is 390 g/mol. The van der Waals surface area contributed by atoms with Gasteiger partial charge in [0.25, 0.3) is 0 Å². The van der Waals surface area contributed by atoms with Gasteiger partial charge < -0.3 is 5.73 Å². The zero-order valence-corrected chi connectivity index (χ0v) is 18.2. The third-order valence-corrected chi connectivity index (χ3v) is 5.86. The highest BCUT2D eigenvalue weighted by Gasteiger charge is 2.22. The van der Waals surface area contributed by atoms with Crippen molar-refractivity contribution in [3.8, 4) is 0 Å². The Morgan fingerprint density at radius 1 is 1.11 bits per heavy atom. The maximum Gasteiger partial charge on any atom is 0.230 e. The van der Waals surface area contributed by atoms with E-state index in [2.05, 4.69) is 34.0 Å². The highest BCUT2D eigenvalue weighted by Crippen LogP contribution is 2.35. The van der Waals surface area contributed by atoms with E-state index in [9.17, 15) is 4.79 Å². The van der Waals surface area contributed by atoms with Crippen molar-refractivity contribution in [2.24, 2.45) is 0 Å². The Morgan fingerprint density at radius 2 is 1.79 bits per heavy atom. The first-order valence-electron chi connectivity index (χ1n) is 8.81. The van der Waals surface area contributed by atoms with Crippen molar-refractivity contribution < 1.29 is 4.79 Å². The van der Waals surface area contributed by atoms with E-state index in [4.69, 9.17) is 5.73 Å². The number of anilines is 3. The van der Waals surface area contributed by atoms with E-state index in [0.717, 1.165) is 28.2 Å². The van der Waals surface area contributed by atoms with E-state index in [1.807, 2.05) is 26.2 Å². The normalized spacial score (nSPS) is 10.9. The molecule has 6 nitrogen and oxygen atoms in total. The Hall–Kier alpha value is -2.45. The number of carbonyl (C=O) groups excluding carboxylic acids is 1. The number of thiazole rings is 1. The molecule has 0 atom stereocenters. The molecule has 2 aromatic heterocycles. The van der Waals surface area contributed by atoms with Gasteiger partial charge in [-0.15, -0.1) is 11.3 Å². The van der Waals surface area contributed by atoms with Gasteiger partial charge in [0.2, 0.25) is 5.91 Å². The average molecular weight is 414 g/mol. The summed E-state index contributed by atoms with van der Waals surface area (Å²) in [5.41, 5.74) is 11.7. The molecule has 0 saturated heterocycles. The van der Waals surface area contributed by atoms with Crippen LogP contribution in [-0.4, -0.2) is 20.9 Å². The van der Waals surface area contributed by atoms with Crippen molar-refractivity contribution in [1.29, 1.82) is 0 Å². The molecule has 28 heavy (non-hydrogen) atoms. The molecule has 3 rings (SSSR count). The molecule has 0 fully saturated rings. The second-order valence-electron chi connectivity index (χ2n) is 6.73. The van der Waals surface area contributed by atoms with E-state index < -0.39 is 0 Å². The molecule has 0 aliphatic carbocycles. The van der Waals surface area contributed by atoms with Gasteiger partial charge >= 0.3 is 0 Å². The molecule has 0 aliphatic rings. The summed E-state index contributed by atoms with van der Waals surface area (Å²) in [6.45, 7) is 9.56. The minimum atomic E-state index is -0.0570. The maximum atomic E-state index is 12.5. The molecule has 3 aromatic rings. The van der Waals surface area contributed by atoms with Crippen LogP contribution < -0.4 is 10.6 Å². The number of carbonyl (C=O) groups is 1. The molecule has 0 aliphatic heterocycles. The summed E-state index contributed by atoms with van der Waals surface area (Å²) < 4.78 is 0. The molecule has 8 heteroatoms. The minimum Gasteiger partial charge on any atom is -0.384 e. The molecular formula is C20H23N5OS2. The SMILES string of the molecule is CC(=O)N(c1nc(CSc2nc(C)cc(N)n2)cs1)c1c(C)cc(C)cc1C. The highest BCUT2D eigenvalue weighted by atomic mass is 32.2. The van der Waals surface area contributed by atoms with Crippen molar-refractivity contribution in [2.75, 3.05) is 10.6 Å². The third kappa shape index (κ3) is 4.51. The van der Waals surface area contributed by atoms with Gasteiger partial charge in [0.15, 0.2) is 10.3 Å². The Balaban J connectivity index is 1.85. The van der Waals surface area contributed by atoms with E-state index in [-0.39, 0.29) is 5.91 Å². The Bertz CT molecular complexity index is 988. The molecule has 1 amide bonds. The van der Waals surface area contributed by atoms with Crippen LogP contribution in [-0.2, 0) is 10.5 Å². The lowest BCUT2D eigenvalue weighted by atomic mass is 10.0. The highest BCUT2D eigenvalue weighted by molar-refractivity contribution is 7.98. The Labute approximate surface area is 173 Å². The number of thioether (sulfide) groups is 1. The van der Waals surface area contributed by atoms with Crippen LogP contribution in [0.5, 0.6) is 0 Å². The minimum absolute atomic E-state index is 0.0570. The standard InChI is InChI=1S/C20H23N5OS2/c1-11-6-12(2)18(13(3)7-11)25(15(5)26)20-23-16(10-28-20)9-27-19-22-14(4)8-17(21)24-19/h6-8,10H,9H2,1-5H3,(H2,21,22,24). The summed E-state index contributed by atoms with van der Waals surface area (Å²) in [6.07, 6.45) is 0. The number of hydrogen-bond acceptors (Lipinski definition) is 7. The fourth-order valence-corrected chi connectivity index (χ4v) is 4.93. The number of nitrogens with two attached hydrogens (primary N) is 1. The first kappa shape index (κ1) is 20.3. The summed E-state index contributed by atoms with van der Waals surface area (Å²) in [6, 6.07) is 5.91. The summed E-state index contributed by atoms with van der Waals surface area (Å²) >= 11 is 2.94. The monoisotopic (exact) mass is 413 g/mol. The van der Waals surface area contributed by atoms with Gasteiger partial charge in [0.1, 0.15) is 5.82 Å². The van der Waals surface area contributed by atoms with Gasteiger partial charge in [0.05, 0.1) is 11.4 Å². The molecule has 2 N–H and O–H groups in total. The fourth-order valence-electron chi connectivity index (χ4n) is 3.15. The molecule has 0 saturated carbocycles. The molecule has 0 radical (unpaired) electrons. The first-order valence-corrected chi connectivity index (χ1v) is 10.7. The summed E-state index contributed by atoms with van der Waals surface area (Å²) in [7, 11) is 0. The molecule has 146 valence electrons. The van der Waals surface area contributed by atoms with Gasteiger partial charge in [-0.25, -0.2) is 15.0 Å². The molecule has 0 spiro atoms. The number of benzene rings is 1. The van der Waals surface area contributed by atoms with Gasteiger partial charge in [-0.2, -0.15) is 0 Å². The lowest BCUT2D eigenvalue weighted by Crippen LogP contribution is -2.24. The van der Waals surface area contributed by atoms with Crippen LogP contribution in [0.4, 0.5) is 16.6 Å². The van der Waals surface area contributed by atoms with Crippen molar-refractivity contribution in [2.45, 2.75) is 45.5 Å². The number of nitrogen functional groups attached to an aromatic ring is 1. The van der Waals surface area contributed by atoms with Crippen molar-refractivity contribution >= 4 is 45.6 Å². The molecule has 2 heterocycles. The van der Waals surface area contributed by atoms with Gasteiger partial charge in [-0.1, -0.05) is 29.5 Å². The van der Waals surface area contributed by atoms with Crippen LogP contribution in [0.15, 0.2) is 28.7 Å². The lowest BCUT2D eigenvalue weighted by molar-refractivity contribution is -0.115. The predicted octanol–water partition coefficient (Wildman–Crippen LogP) is 4.73. The van der Waals surface area contributed by atoms with Crippen LogP contribution in [0.25, 0.3) is 0 Å². The van der Waals surface area contributed by atoms with Crippen LogP contribution in [0.1, 0.15) is 35.0 Å². The van der Waals surface area contributed by atoms with Gasteiger partial charge in [0, 0.05) is 29.8 Å². The molecule has 0 bridgehead atoms. The topological polar surface area (TPSA) is 85.0 Å². The number of hydrogen-bond donors (Lipinski definition) is 1. The fraction of sp³-hybridized carbons (Fsp3) is 0.300. The van der Waals surface area contributed by atoms with Crippen molar-refractivity contribution in [3.05, 3.63) is 51.7 Å². The van der Waals surface area contributed by atoms with E-state index in [1.54, 1.807) is 17.9 Å². The van der Waals surface area contributed by atoms with Gasteiger partial charge in [-0.05, 0) is 38.8 Å². The van der Waals surface area contributed by atoms with E-state index in [1.165, 1.54) is 28.7 Å². The zero-order valence-electron chi connectivity index (χ0n) is 16.6. The number of rotatable bonds is 5. The maximum absolute atomic E-state index is 12.5. The number of aryl methyl sites for hydroxylation is 4. The van der Waals surface area contributed by atoms with Crippen LogP contribution in [0, 0.1) is 27.7 Å². The van der Waals surface area contributed by atoms with E-state index >= 15 is 0 Å². The summed E-state index contributed by atoms with van der Waals surface area (Å²) in [5, 5.41) is 3.26. The Morgan fingerprint density at radius 3 is 2.39 bits per heavy atom. The quantitative estimate of drug-likeness (QED) is 0.481. The largest absolute Gasteiger partial charge is 0.384 e. The van der Waals surface area contributed by atoms with Gasteiger partial charge in [-0.3, -0.25) is 9.69 Å². The summed E-state index contributed by atoms with van der Waals surface area (Å²) in [4.78, 5) is 27.5. The number of nitrogens with zero attached hydrogens (tertiary/aromatic N) is 4. The van der Waals surface area contributed by atoms with Crippen LogP contribution in [0.3, 0.4) is 0 Å². The van der Waals surface area contributed by atoms with E-state index in [0.29, 0.717) is 21.9 Å². The Kier molecular flexibility index (Phi) is 6.00. The van der Waals surface area contributed by atoms with Crippen LogP contribution in [0.2, 0.25) is 0 Å². The molecule has 0 unspecified atom stereocenters. The number of aromatic nitrogens is 3. The average Bonchev–Trinajstić information content (AvgIpc) is 3.03. The second-order valence-corrected chi connectivity index (χ2v) is 8.51. The van der Waals surface area contributed by atoms with Crippen molar-refractivity contribution in [1.82, 2.24) is 15.0 Å². The lowest BCUT2D eigenvalue weighted by Gasteiger charge is -2.23. The predicted molar refractivity (Wildman–Crippen MR) is 116 cm³/mol. The van der Waals surface area contributed by atoms with Crippen LogP contribution >= 0.6 is 23.1 Å². The second kappa shape index (κ2) is 8.28. The first-order chi connectivity index (χ1) is 13.2. The molecule has 1 aromatic carbocycles. The smallest absolute Gasteiger partial charge is 0.230 e. The number of amides is 1. The van der Waals surface area contributed by atoms with Crippen molar-refractivity contribution in [3.63, 3.8) is 0 Å².